The summed E-state index contributed by atoms with van der Waals surface area (Å²) in [7, 11) is -3.80. The highest BCUT2D eigenvalue weighted by Crippen LogP contribution is 2.53. The molecule has 0 bridgehead atoms. The summed E-state index contributed by atoms with van der Waals surface area (Å²) in [5, 5.41) is 0.356. The van der Waals surface area contributed by atoms with Gasteiger partial charge in [-0.3, -0.25) is 0 Å². The van der Waals surface area contributed by atoms with Crippen LogP contribution in [0.5, 0.6) is 0 Å². The van der Waals surface area contributed by atoms with Crippen LogP contribution >= 0.6 is 0 Å². The molecule has 0 amide bonds. The fraction of sp³-hybridized carbons (Fsp3) is 0.769. The minimum Gasteiger partial charge on any atom is -0.456 e. The van der Waals surface area contributed by atoms with E-state index in [1.807, 2.05) is 6.08 Å². The number of esters is 1. The summed E-state index contributed by atoms with van der Waals surface area (Å²) in [5.41, 5.74) is 2.40. The summed E-state index contributed by atoms with van der Waals surface area (Å²) in [6, 6.07) is 10.9. The van der Waals surface area contributed by atoms with E-state index in [1.165, 1.54) is 11.1 Å². The van der Waals surface area contributed by atoms with Crippen LogP contribution in [0.4, 0.5) is 0 Å². The van der Waals surface area contributed by atoms with Crippen molar-refractivity contribution in [1.82, 2.24) is 0 Å². The molecule has 0 saturated heterocycles. The molecule has 0 heterocycles. The zero-order valence-corrected chi connectivity index (χ0v) is 33.1. The highest BCUT2D eigenvalue weighted by atomic mass is 28.4. The summed E-state index contributed by atoms with van der Waals surface area (Å²) >= 11 is 0. The van der Waals surface area contributed by atoms with Crippen molar-refractivity contribution in [3.63, 3.8) is 0 Å². The van der Waals surface area contributed by atoms with E-state index < -0.39 is 16.6 Å². The molecule has 4 nitrogen and oxygen atoms in total. The molecule has 0 aliphatic heterocycles. The van der Waals surface area contributed by atoms with Crippen LogP contribution in [0.1, 0.15) is 113 Å². The number of benzene rings is 1. The number of carbonyl (C=O) groups is 1. The molecule has 3 fully saturated rings. The average Bonchev–Trinajstić information content (AvgIpc) is 3.42. The summed E-state index contributed by atoms with van der Waals surface area (Å²) in [6.45, 7) is 31.1. The van der Waals surface area contributed by atoms with E-state index in [2.05, 4.69) is 119 Å². The Balaban J connectivity index is 1.40. The van der Waals surface area contributed by atoms with Crippen LogP contribution in [0.25, 0.3) is 0 Å². The van der Waals surface area contributed by atoms with Gasteiger partial charge in [0.15, 0.2) is 16.6 Å². The first-order valence-electron chi connectivity index (χ1n) is 17.8. The lowest BCUT2D eigenvalue weighted by atomic mass is 9.65. The predicted molar refractivity (Wildman–Crippen MR) is 194 cm³/mol. The molecule has 0 aromatic heterocycles. The van der Waals surface area contributed by atoms with Crippen LogP contribution in [0, 0.1) is 23.7 Å². The standard InChI is InChI=1S/C39H66O4Si2/c1-36(2,3)44(10,11)41-27-33-32-24-28(23-29(32)26-34(33)43-45(12,13)37(4,5)6)25-35(40)42-39(9)21-19-31(20-22-39)38(7,8)30-17-15-14-16-18-30/h14-18,25,29,31-34H,19-24,26-27H2,1-13H3/b28-25+/t29-,31?,32-,33-,34+,39?/m0/s1. The van der Waals surface area contributed by atoms with Crippen LogP contribution < -0.4 is 0 Å². The maximum atomic E-state index is 13.4. The van der Waals surface area contributed by atoms with Crippen LogP contribution in [-0.4, -0.2) is 40.9 Å². The minimum absolute atomic E-state index is 0.118. The maximum Gasteiger partial charge on any atom is 0.331 e. The van der Waals surface area contributed by atoms with E-state index in [-0.39, 0.29) is 33.2 Å². The Bertz CT molecular complexity index is 1200. The van der Waals surface area contributed by atoms with E-state index in [4.69, 9.17) is 13.6 Å². The van der Waals surface area contributed by atoms with Crippen molar-refractivity contribution in [2.45, 2.75) is 161 Å². The van der Waals surface area contributed by atoms with Crippen molar-refractivity contribution >= 4 is 22.6 Å². The van der Waals surface area contributed by atoms with Crippen molar-refractivity contribution in [2.24, 2.45) is 23.7 Å². The molecule has 3 saturated carbocycles. The number of ether oxygens (including phenoxy) is 1. The summed E-state index contributed by atoms with van der Waals surface area (Å²) < 4.78 is 20.2. The minimum atomic E-state index is -1.92. The number of carbonyl (C=O) groups excluding carboxylic acids is 1. The van der Waals surface area contributed by atoms with Gasteiger partial charge in [0.1, 0.15) is 5.60 Å². The summed E-state index contributed by atoms with van der Waals surface area (Å²) in [5.74, 6) is 1.89. The second-order valence-corrected chi connectivity index (χ2v) is 28.3. The monoisotopic (exact) mass is 654 g/mol. The molecular weight excluding hydrogens is 589 g/mol. The zero-order valence-electron chi connectivity index (χ0n) is 31.1. The molecule has 1 aromatic rings. The highest BCUT2D eigenvalue weighted by Gasteiger charge is 2.52. The lowest BCUT2D eigenvalue weighted by molar-refractivity contribution is -0.156. The van der Waals surface area contributed by atoms with Gasteiger partial charge in [0.25, 0.3) is 0 Å². The van der Waals surface area contributed by atoms with Gasteiger partial charge < -0.3 is 13.6 Å². The van der Waals surface area contributed by atoms with Crippen LogP contribution in [0.2, 0.25) is 36.3 Å². The predicted octanol–water partition coefficient (Wildman–Crippen LogP) is 10.8. The van der Waals surface area contributed by atoms with Gasteiger partial charge in [-0.1, -0.05) is 91.3 Å². The van der Waals surface area contributed by atoms with Crippen molar-refractivity contribution in [3.05, 3.63) is 47.5 Å². The van der Waals surface area contributed by atoms with Gasteiger partial charge in [0, 0.05) is 18.6 Å². The molecule has 0 spiro atoms. The van der Waals surface area contributed by atoms with Crippen molar-refractivity contribution in [3.8, 4) is 0 Å². The first-order valence-corrected chi connectivity index (χ1v) is 23.7. The lowest BCUT2D eigenvalue weighted by Crippen LogP contribution is -2.47. The summed E-state index contributed by atoms with van der Waals surface area (Å²) in [6.07, 6.45) is 9.14. The lowest BCUT2D eigenvalue weighted by Gasteiger charge is -2.43. The van der Waals surface area contributed by atoms with E-state index >= 15 is 0 Å². The van der Waals surface area contributed by atoms with Crippen LogP contribution in [-0.2, 0) is 23.8 Å². The van der Waals surface area contributed by atoms with Gasteiger partial charge >= 0.3 is 5.97 Å². The molecule has 4 atom stereocenters. The Labute approximate surface area is 278 Å². The molecular formula is C39H66O4Si2. The molecule has 0 unspecified atom stereocenters. The fourth-order valence-electron chi connectivity index (χ4n) is 7.70. The second kappa shape index (κ2) is 13.0. The second-order valence-electron chi connectivity index (χ2n) is 18.8. The number of allylic oxidation sites excluding steroid dienone is 1. The van der Waals surface area contributed by atoms with Gasteiger partial charge in [0.05, 0.1) is 6.10 Å². The molecule has 6 heteroatoms. The molecule has 254 valence electrons. The SMILES string of the molecule is CC1(OC(=O)/C=C2\C[C@H]3C[C@@H](O[Si](C)(C)C(C)(C)C)[C@@H](CO[Si](C)(C)C(C)(C)C)[C@H]3C2)CCC(C(C)(C)c2ccccc2)CC1. The Morgan fingerprint density at radius 1 is 0.889 bits per heavy atom. The Morgan fingerprint density at radius 2 is 1.47 bits per heavy atom. The fourth-order valence-corrected chi connectivity index (χ4v) is 10.1. The Morgan fingerprint density at radius 3 is 2.02 bits per heavy atom. The third-order valence-corrected chi connectivity index (χ3v) is 22.1. The first-order chi connectivity index (χ1) is 20.5. The normalized spacial score (nSPS) is 30.9. The maximum absolute atomic E-state index is 13.4. The third-order valence-electron chi connectivity index (χ3n) is 13.1. The molecule has 1 aromatic carbocycles. The molecule has 3 aliphatic carbocycles. The largest absolute Gasteiger partial charge is 0.456 e. The van der Waals surface area contributed by atoms with Crippen molar-refractivity contribution < 1.29 is 18.4 Å². The highest BCUT2D eigenvalue weighted by molar-refractivity contribution is 6.74. The van der Waals surface area contributed by atoms with Gasteiger partial charge in [0.2, 0.25) is 0 Å². The number of hydrogen-bond acceptors (Lipinski definition) is 4. The molecule has 4 rings (SSSR count). The topological polar surface area (TPSA) is 44.8 Å². The zero-order chi connectivity index (χ0) is 33.6. The van der Waals surface area contributed by atoms with Gasteiger partial charge in [-0.2, -0.15) is 0 Å². The smallest absolute Gasteiger partial charge is 0.331 e. The van der Waals surface area contributed by atoms with Crippen LogP contribution in [0.3, 0.4) is 0 Å². The van der Waals surface area contributed by atoms with E-state index in [9.17, 15) is 4.79 Å². The van der Waals surface area contributed by atoms with E-state index in [1.54, 1.807) is 0 Å². The summed E-state index contributed by atoms with van der Waals surface area (Å²) in [4.78, 5) is 13.4. The molecule has 0 radical (unpaired) electrons. The van der Waals surface area contributed by atoms with Gasteiger partial charge in [-0.05, 0) is 117 Å². The van der Waals surface area contributed by atoms with Crippen molar-refractivity contribution in [1.29, 1.82) is 0 Å². The average molecular weight is 655 g/mol. The van der Waals surface area contributed by atoms with Crippen molar-refractivity contribution in [2.75, 3.05) is 6.61 Å². The third kappa shape index (κ3) is 8.27. The van der Waals surface area contributed by atoms with E-state index in [0.717, 1.165) is 51.6 Å². The first kappa shape index (κ1) is 36.6. The van der Waals surface area contributed by atoms with Crippen LogP contribution in [0.15, 0.2) is 42.0 Å². The quantitative estimate of drug-likeness (QED) is 0.151. The number of hydrogen-bond donors (Lipinski definition) is 0. The number of fused-ring (bicyclic) bond motifs is 1. The van der Waals surface area contributed by atoms with Gasteiger partial charge in [-0.25, -0.2) is 4.79 Å². The Hall–Kier alpha value is -1.22. The van der Waals surface area contributed by atoms with E-state index in [0.29, 0.717) is 23.7 Å². The Kier molecular flexibility index (Phi) is 10.6. The van der Waals surface area contributed by atoms with Gasteiger partial charge in [-0.15, -0.1) is 0 Å². The number of rotatable bonds is 9. The molecule has 3 aliphatic rings. The molecule has 0 N–H and O–H groups in total. The molecule has 45 heavy (non-hydrogen) atoms.